The Labute approximate surface area is 151 Å². The summed E-state index contributed by atoms with van der Waals surface area (Å²) in [6.07, 6.45) is 3.77. The molecule has 3 aromatic rings. The molecular weight excluding hydrogens is 332 g/mol. The van der Waals surface area contributed by atoms with E-state index in [0.717, 1.165) is 35.9 Å². The lowest BCUT2D eigenvalue weighted by molar-refractivity contribution is 0.273. The van der Waals surface area contributed by atoms with Crippen LogP contribution in [0, 0.1) is 0 Å². The van der Waals surface area contributed by atoms with Crippen LogP contribution < -0.4 is 4.90 Å². The maximum absolute atomic E-state index is 4.95. The molecule has 5 rings (SSSR count). The number of hydrogen-bond donors (Lipinski definition) is 0. The van der Waals surface area contributed by atoms with Crippen LogP contribution in [0.3, 0.4) is 0 Å². The number of likely N-dealkylation sites (tertiary alicyclic amines) is 1. The quantitative estimate of drug-likeness (QED) is 0.724. The van der Waals surface area contributed by atoms with Crippen molar-refractivity contribution in [3.05, 3.63) is 29.0 Å². The first-order valence-electron chi connectivity index (χ1n) is 9.09. The molecule has 0 radical (unpaired) electrons. The fourth-order valence-corrected chi connectivity index (χ4v) is 4.93. The van der Waals surface area contributed by atoms with Crippen LogP contribution in [0.4, 0.5) is 5.82 Å². The average molecular weight is 354 g/mol. The van der Waals surface area contributed by atoms with Gasteiger partial charge in [-0.3, -0.25) is 0 Å². The number of anilines is 1. The van der Waals surface area contributed by atoms with E-state index in [2.05, 4.69) is 49.8 Å². The van der Waals surface area contributed by atoms with Crippen LogP contribution in [0.15, 0.2) is 29.0 Å². The van der Waals surface area contributed by atoms with Gasteiger partial charge in [-0.05, 0) is 49.4 Å². The minimum absolute atomic E-state index is 0.568. The summed E-state index contributed by atoms with van der Waals surface area (Å²) in [5.41, 5.74) is 1.89. The smallest absolute Gasteiger partial charge is 0.186 e. The summed E-state index contributed by atoms with van der Waals surface area (Å²) in [6, 6.07) is 7.41. The highest BCUT2D eigenvalue weighted by molar-refractivity contribution is 7.08. The molecule has 2 atom stereocenters. The van der Waals surface area contributed by atoms with E-state index in [-0.39, 0.29) is 0 Å². The molecule has 5 heterocycles. The summed E-state index contributed by atoms with van der Waals surface area (Å²) in [6.45, 7) is 5.74. The molecular formula is C18H22N6S. The van der Waals surface area contributed by atoms with E-state index in [0.29, 0.717) is 12.1 Å². The van der Waals surface area contributed by atoms with Crippen LogP contribution in [0.2, 0.25) is 0 Å². The molecule has 0 N–H and O–H groups in total. The summed E-state index contributed by atoms with van der Waals surface area (Å²) in [5, 5.41) is 17.8. The molecule has 0 aromatic carbocycles. The van der Waals surface area contributed by atoms with Crippen molar-refractivity contribution in [2.45, 2.75) is 38.3 Å². The van der Waals surface area contributed by atoms with Gasteiger partial charge in [-0.1, -0.05) is 6.92 Å². The second kappa shape index (κ2) is 6.07. The van der Waals surface area contributed by atoms with Gasteiger partial charge in [0, 0.05) is 36.1 Å². The standard InChI is InChI=1S/C18H22N6S/c1-2-22-9-7-14-3-4-15(11-22)23(14)17-6-5-16-19-20-18(24(16)21-17)13-8-10-25-12-13/h5-6,8,10,12,14-15H,2-4,7,9,11H2,1H3. The van der Waals surface area contributed by atoms with E-state index in [1.54, 1.807) is 11.3 Å². The fourth-order valence-electron chi connectivity index (χ4n) is 4.29. The van der Waals surface area contributed by atoms with E-state index in [1.165, 1.54) is 25.8 Å². The average Bonchev–Trinajstić information content (AvgIpc) is 3.32. The molecule has 0 spiro atoms. The Morgan fingerprint density at radius 2 is 2.04 bits per heavy atom. The highest BCUT2D eigenvalue weighted by atomic mass is 32.1. The molecule has 7 heteroatoms. The molecule has 2 aliphatic rings. The third kappa shape index (κ3) is 2.53. The van der Waals surface area contributed by atoms with Crippen molar-refractivity contribution < 1.29 is 0 Å². The first-order chi connectivity index (χ1) is 12.3. The van der Waals surface area contributed by atoms with E-state index in [4.69, 9.17) is 5.10 Å². The number of thiophene rings is 1. The Balaban J connectivity index is 1.56. The molecule has 130 valence electrons. The van der Waals surface area contributed by atoms with E-state index in [1.807, 2.05) is 10.6 Å². The zero-order chi connectivity index (χ0) is 16.8. The number of nitrogens with zero attached hydrogens (tertiary/aromatic N) is 6. The maximum atomic E-state index is 4.95. The lowest BCUT2D eigenvalue weighted by Gasteiger charge is -2.29. The molecule has 2 aliphatic heterocycles. The van der Waals surface area contributed by atoms with Gasteiger partial charge in [0.25, 0.3) is 0 Å². The first kappa shape index (κ1) is 15.3. The van der Waals surface area contributed by atoms with Crippen LogP contribution in [0.5, 0.6) is 0 Å². The first-order valence-corrected chi connectivity index (χ1v) is 10.0. The van der Waals surface area contributed by atoms with Gasteiger partial charge in [-0.15, -0.1) is 15.3 Å². The highest BCUT2D eigenvalue weighted by Gasteiger charge is 2.37. The van der Waals surface area contributed by atoms with Gasteiger partial charge in [0.2, 0.25) is 0 Å². The second-order valence-electron chi connectivity index (χ2n) is 6.97. The Hall–Kier alpha value is -1.99. The third-order valence-electron chi connectivity index (χ3n) is 5.61. The zero-order valence-electron chi connectivity index (χ0n) is 14.4. The molecule has 2 saturated heterocycles. The van der Waals surface area contributed by atoms with Gasteiger partial charge >= 0.3 is 0 Å². The number of rotatable bonds is 3. The van der Waals surface area contributed by atoms with E-state index >= 15 is 0 Å². The summed E-state index contributed by atoms with van der Waals surface area (Å²) < 4.78 is 1.90. The molecule has 0 saturated carbocycles. The minimum Gasteiger partial charge on any atom is -0.348 e. The Morgan fingerprint density at radius 1 is 1.12 bits per heavy atom. The van der Waals surface area contributed by atoms with Crippen LogP contribution in [0.1, 0.15) is 26.2 Å². The van der Waals surface area contributed by atoms with Crippen molar-refractivity contribution in [3.8, 4) is 11.4 Å². The van der Waals surface area contributed by atoms with Crippen molar-refractivity contribution in [1.29, 1.82) is 0 Å². The van der Waals surface area contributed by atoms with E-state index < -0.39 is 0 Å². The van der Waals surface area contributed by atoms with Crippen LogP contribution in [0.25, 0.3) is 17.0 Å². The van der Waals surface area contributed by atoms with Gasteiger partial charge < -0.3 is 9.80 Å². The molecule has 25 heavy (non-hydrogen) atoms. The SMILES string of the molecule is CCN1CCC2CCC(C1)N2c1ccc2nnc(-c3ccsc3)n2n1. The lowest BCUT2D eigenvalue weighted by atomic mass is 10.1. The third-order valence-corrected chi connectivity index (χ3v) is 6.29. The van der Waals surface area contributed by atoms with Crippen LogP contribution >= 0.6 is 11.3 Å². The molecule has 0 aliphatic carbocycles. The second-order valence-corrected chi connectivity index (χ2v) is 7.75. The van der Waals surface area contributed by atoms with Crippen LogP contribution in [-0.2, 0) is 0 Å². The van der Waals surface area contributed by atoms with Gasteiger partial charge in [-0.25, -0.2) is 0 Å². The topological polar surface area (TPSA) is 49.6 Å². The Morgan fingerprint density at radius 3 is 2.88 bits per heavy atom. The largest absolute Gasteiger partial charge is 0.348 e. The minimum atomic E-state index is 0.568. The van der Waals surface area contributed by atoms with Crippen LogP contribution in [-0.4, -0.2) is 56.4 Å². The molecule has 6 nitrogen and oxygen atoms in total. The van der Waals surface area contributed by atoms with Crippen molar-refractivity contribution in [3.63, 3.8) is 0 Å². The lowest BCUT2D eigenvalue weighted by Crippen LogP contribution is -2.39. The summed E-state index contributed by atoms with van der Waals surface area (Å²) in [4.78, 5) is 5.14. The Bertz CT molecular complexity index is 873. The highest BCUT2D eigenvalue weighted by Crippen LogP contribution is 2.34. The number of aromatic nitrogens is 4. The summed E-state index contributed by atoms with van der Waals surface area (Å²) in [7, 11) is 0. The predicted octanol–water partition coefficient (Wildman–Crippen LogP) is 2.92. The predicted molar refractivity (Wildman–Crippen MR) is 100 cm³/mol. The van der Waals surface area contributed by atoms with Crippen molar-refractivity contribution in [2.24, 2.45) is 0 Å². The maximum Gasteiger partial charge on any atom is 0.186 e. The molecule has 0 amide bonds. The summed E-state index contributed by atoms with van der Waals surface area (Å²) >= 11 is 1.67. The number of likely N-dealkylation sites (N-methyl/N-ethyl adjacent to an activating group) is 1. The van der Waals surface area contributed by atoms with Gasteiger partial charge in [0.15, 0.2) is 11.5 Å². The molecule has 3 aromatic heterocycles. The molecule has 2 fully saturated rings. The molecule has 2 bridgehead atoms. The number of hydrogen-bond acceptors (Lipinski definition) is 6. The van der Waals surface area contributed by atoms with E-state index in [9.17, 15) is 0 Å². The van der Waals surface area contributed by atoms with Gasteiger partial charge in [0.05, 0.1) is 0 Å². The fraction of sp³-hybridized carbons (Fsp3) is 0.500. The molecule has 2 unspecified atom stereocenters. The van der Waals surface area contributed by atoms with Crippen molar-refractivity contribution in [1.82, 2.24) is 24.7 Å². The Kier molecular flexibility index (Phi) is 3.71. The normalized spacial score (nSPS) is 24.1. The summed E-state index contributed by atoms with van der Waals surface area (Å²) in [5.74, 6) is 1.89. The van der Waals surface area contributed by atoms with Gasteiger partial charge in [-0.2, -0.15) is 15.9 Å². The van der Waals surface area contributed by atoms with Gasteiger partial charge in [0.1, 0.15) is 5.82 Å². The number of fused-ring (bicyclic) bond motifs is 3. The monoisotopic (exact) mass is 354 g/mol. The van der Waals surface area contributed by atoms with Crippen molar-refractivity contribution >= 4 is 22.8 Å². The van der Waals surface area contributed by atoms with Crippen molar-refractivity contribution in [2.75, 3.05) is 24.5 Å². The zero-order valence-corrected chi connectivity index (χ0v) is 15.2.